The molecule has 29 heavy (non-hydrogen) atoms. The second-order valence-electron chi connectivity index (χ2n) is 6.53. The minimum atomic E-state index is -0.800. The molecule has 1 amide bonds. The number of carbonyl (C=O) groups excluding carboxylic acids is 2. The predicted octanol–water partition coefficient (Wildman–Crippen LogP) is 2.54. The second kappa shape index (κ2) is 9.16. The molecule has 2 aromatic carbocycles. The number of morpholine rings is 1. The first-order valence-electron chi connectivity index (χ1n) is 9.09. The fourth-order valence-corrected chi connectivity index (χ4v) is 2.92. The molecule has 2 aromatic rings. The summed E-state index contributed by atoms with van der Waals surface area (Å²) in [5, 5.41) is 13.6. The lowest BCUT2D eigenvalue weighted by Gasteiger charge is -2.28. The van der Waals surface area contributed by atoms with Gasteiger partial charge in [-0.05, 0) is 37.3 Å². The minimum absolute atomic E-state index is 0.0185. The van der Waals surface area contributed by atoms with Gasteiger partial charge in [0.1, 0.15) is 0 Å². The summed E-state index contributed by atoms with van der Waals surface area (Å²) in [4.78, 5) is 36.7. The van der Waals surface area contributed by atoms with Gasteiger partial charge in [-0.25, -0.2) is 4.79 Å². The Hall–Kier alpha value is -3.46. The van der Waals surface area contributed by atoms with Gasteiger partial charge in [0.15, 0.2) is 6.61 Å². The van der Waals surface area contributed by atoms with Gasteiger partial charge < -0.3 is 19.7 Å². The van der Waals surface area contributed by atoms with Gasteiger partial charge in [0.05, 0.1) is 23.7 Å². The zero-order valence-corrected chi connectivity index (χ0v) is 15.9. The number of rotatable bonds is 6. The van der Waals surface area contributed by atoms with Crippen LogP contribution in [0.25, 0.3) is 0 Å². The molecule has 1 saturated heterocycles. The standard InChI is InChI=1S/C20H21N3O6/c1-14-2-3-15(12-18(14)23(26)27)20(25)29-13-19(24)21-16-4-6-17(7-5-16)22-8-10-28-11-9-22/h2-7,12H,8-11,13H2,1H3,(H,21,24). The number of esters is 1. The lowest BCUT2D eigenvalue weighted by Crippen LogP contribution is -2.36. The van der Waals surface area contributed by atoms with Gasteiger partial charge in [0.25, 0.3) is 11.6 Å². The molecule has 0 aromatic heterocycles. The molecular formula is C20H21N3O6. The molecule has 1 aliphatic rings. The highest BCUT2D eigenvalue weighted by Gasteiger charge is 2.17. The summed E-state index contributed by atoms with van der Waals surface area (Å²) in [5.41, 5.74) is 1.90. The first kappa shape index (κ1) is 20.3. The SMILES string of the molecule is Cc1ccc(C(=O)OCC(=O)Nc2ccc(N3CCOCC3)cc2)cc1[N+](=O)[O-]. The Bertz CT molecular complexity index is 907. The molecule has 0 saturated carbocycles. The summed E-state index contributed by atoms with van der Waals surface area (Å²) >= 11 is 0. The van der Waals surface area contributed by atoms with E-state index in [0.717, 1.165) is 24.8 Å². The molecule has 0 radical (unpaired) electrons. The van der Waals surface area contributed by atoms with Crippen molar-refractivity contribution in [2.75, 3.05) is 43.1 Å². The smallest absolute Gasteiger partial charge is 0.338 e. The van der Waals surface area contributed by atoms with Crippen molar-refractivity contribution >= 4 is 28.9 Å². The van der Waals surface area contributed by atoms with E-state index in [1.165, 1.54) is 12.1 Å². The van der Waals surface area contributed by atoms with Crippen LogP contribution in [0.3, 0.4) is 0 Å². The third-order valence-electron chi connectivity index (χ3n) is 4.50. The summed E-state index contributed by atoms with van der Waals surface area (Å²) in [6, 6.07) is 11.4. The van der Waals surface area contributed by atoms with Crippen LogP contribution in [0.1, 0.15) is 15.9 Å². The fraction of sp³-hybridized carbons (Fsp3) is 0.300. The Kier molecular flexibility index (Phi) is 6.40. The van der Waals surface area contributed by atoms with Crippen LogP contribution in [0.4, 0.5) is 17.1 Å². The van der Waals surface area contributed by atoms with E-state index in [4.69, 9.17) is 9.47 Å². The molecule has 0 spiro atoms. The first-order chi connectivity index (χ1) is 13.9. The summed E-state index contributed by atoms with van der Waals surface area (Å²) < 4.78 is 10.3. The predicted molar refractivity (Wildman–Crippen MR) is 106 cm³/mol. The van der Waals surface area contributed by atoms with E-state index in [2.05, 4.69) is 10.2 Å². The Morgan fingerprint density at radius 2 is 1.86 bits per heavy atom. The van der Waals surface area contributed by atoms with Crippen molar-refractivity contribution in [3.63, 3.8) is 0 Å². The number of nitro groups is 1. The van der Waals surface area contributed by atoms with Gasteiger partial charge in [-0.2, -0.15) is 0 Å². The second-order valence-corrected chi connectivity index (χ2v) is 6.53. The molecule has 1 N–H and O–H groups in total. The topological polar surface area (TPSA) is 111 Å². The number of carbonyl (C=O) groups is 2. The van der Waals surface area contributed by atoms with E-state index in [1.807, 2.05) is 12.1 Å². The monoisotopic (exact) mass is 399 g/mol. The van der Waals surface area contributed by atoms with Crippen molar-refractivity contribution in [3.05, 3.63) is 63.7 Å². The number of anilines is 2. The lowest BCUT2D eigenvalue weighted by atomic mass is 10.1. The van der Waals surface area contributed by atoms with Crippen molar-refractivity contribution in [1.82, 2.24) is 0 Å². The summed E-state index contributed by atoms with van der Waals surface area (Å²) in [6.45, 7) is 4.09. The highest BCUT2D eigenvalue weighted by molar-refractivity contribution is 5.95. The molecule has 9 nitrogen and oxygen atoms in total. The van der Waals surface area contributed by atoms with Crippen LogP contribution >= 0.6 is 0 Å². The number of nitrogens with one attached hydrogen (secondary N) is 1. The van der Waals surface area contributed by atoms with E-state index >= 15 is 0 Å². The quantitative estimate of drug-likeness (QED) is 0.451. The molecule has 1 aliphatic heterocycles. The van der Waals surface area contributed by atoms with Gasteiger partial charge in [-0.1, -0.05) is 6.07 Å². The Labute approximate surface area is 167 Å². The maximum atomic E-state index is 12.1. The average molecular weight is 399 g/mol. The molecule has 3 rings (SSSR count). The Morgan fingerprint density at radius 3 is 2.52 bits per heavy atom. The largest absolute Gasteiger partial charge is 0.452 e. The number of aryl methyl sites for hydroxylation is 1. The van der Waals surface area contributed by atoms with Crippen molar-refractivity contribution in [1.29, 1.82) is 0 Å². The van der Waals surface area contributed by atoms with Crippen molar-refractivity contribution in [3.8, 4) is 0 Å². The fourth-order valence-electron chi connectivity index (χ4n) is 2.92. The third-order valence-corrected chi connectivity index (χ3v) is 4.50. The summed E-state index contributed by atoms with van der Waals surface area (Å²) in [6.07, 6.45) is 0. The zero-order valence-electron chi connectivity index (χ0n) is 15.9. The Balaban J connectivity index is 1.52. The third kappa shape index (κ3) is 5.29. The maximum Gasteiger partial charge on any atom is 0.338 e. The molecule has 0 bridgehead atoms. The number of ether oxygens (including phenoxy) is 2. The molecule has 0 unspecified atom stereocenters. The van der Waals surface area contributed by atoms with Gasteiger partial charge in [0, 0.05) is 36.1 Å². The molecular weight excluding hydrogens is 378 g/mol. The van der Waals surface area contributed by atoms with E-state index in [9.17, 15) is 19.7 Å². The van der Waals surface area contributed by atoms with Crippen LogP contribution in [-0.2, 0) is 14.3 Å². The molecule has 1 fully saturated rings. The number of hydrogen-bond acceptors (Lipinski definition) is 7. The average Bonchev–Trinajstić information content (AvgIpc) is 2.73. The van der Waals surface area contributed by atoms with Crippen LogP contribution in [0.2, 0.25) is 0 Å². The highest BCUT2D eigenvalue weighted by atomic mass is 16.6. The maximum absolute atomic E-state index is 12.1. The zero-order chi connectivity index (χ0) is 20.8. The van der Waals surface area contributed by atoms with Crippen LogP contribution in [0, 0.1) is 17.0 Å². The van der Waals surface area contributed by atoms with E-state index in [0.29, 0.717) is 24.5 Å². The van der Waals surface area contributed by atoms with Crippen LogP contribution in [-0.4, -0.2) is 49.7 Å². The first-order valence-corrected chi connectivity index (χ1v) is 9.09. The van der Waals surface area contributed by atoms with Gasteiger partial charge in [0.2, 0.25) is 0 Å². The minimum Gasteiger partial charge on any atom is -0.452 e. The summed E-state index contributed by atoms with van der Waals surface area (Å²) in [7, 11) is 0. The number of amides is 1. The number of benzene rings is 2. The normalized spacial score (nSPS) is 13.6. The highest BCUT2D eigenvalue weighted by Crippen LogP contribution is 2.20. The molecule has 1 heterocycles. The molecule has 9 heteroatoms. The van der Waals surface area contributed by atoms with E-state index < -0.39 is 23.4 Å². The van der Waals surface area contributed by atoms with Gasteiger partial charge in [-0.3, -0.25) is 14.9 Å². The number of nitrogens with zero attached hydrogens (tertiary/aromatic N) is 2. The Morgan fingerprint density at radius 1 is 1.17 bits per heavy atom. The number of nitro benzene ring substituents is 1. The van der Waals surface area contributed by atoms with Crippen molar-refractivity contribution < 1.29 is 24.0 Å². The van der Waals surface area contributed by atoms with Crippen LogP contribution < -0.4 is 10.2 Å². The van der Waals surface area contributed by atoms with Crippen molar-refractivity contribution in [2.45, 2.75) is 6.92 Å². The lowest BCUT2D eigenvalue weighted by molar-refractivity contribution is -0.385. The van der Waals surface area contributed by atoms with E-state index in [-0.39, 0.29) is 11.3 Å². The van der Waals surface area contributed by atoms with Crippen molar-refractivity contribution in [2.24, 2.45) is 0 Å². The summed E-state index contributed by atoms with van der Waals surface area (Å²) in [5.74, 6) is -1.30. The molecule has 0 aliphatic carbocycles. The molecule has 152 valence electrons. The van der Waals surface area contributed by atoms with Crippen LogP contribution in [0.5, 0.6) is 0 Å². The molecule has 0 atom stereocenters. The van der Waals surface area contributed by atoms with Crippen LogP contribution in [0.15, 0.2) is 42.5 Å². The van der Waals surface area contributed by atoms with E-state index in [1.54, 1.807) is 19.1 Å². The number of hydrogen-bond donors (Lipinski definition) is 1. The van der Waals surface area contributed by atoms with Gasteiger partial charge >= 0.3 is 5.97 Å². The van der Waals surface area contributed by atoms with Gasteiger partial charge in [-0.15, -0.1) is 0 Å².